The van der Waals surface area contributed by atoms with Gasteiger partial charge in [0.15, 0.2) is 5.78 Å². The molecule has 5 heteroatoms. The van der Waals surface area contributed by atoms with Gasteiger partial charge in [-0.1, -0.05) is 0 Å². The fraction of sp³-hybridized carbons (Fsp3) is 0.0769. The SMILES string of the molecule is COC(=O)c1sncc1C(=O)c1ccc2c(c1)=C=2. The third kappa shape index (κ3) is 1.66. The lowest BCUT2D eigenvalue weighted by atomic mass is 10.1. The minimum Gasteiger partial charge on any atom is -0.465 e. The van der Waals surface area contributed by atoms with Gasteiger partial charge in [0.25, 0.3) is 0 Å². The number of nitrogens with zero attached hydrogens (tertiary/aromatic N) is 1. The van der Waals surface area contributed by atoms with Crippen molar-refractivity contribution in [1.82, 2.24) is 4.37 Å². The van der Waals surface area contributed by atoms with Gasteiger partial charge in [-0.15, -0.1) is 5.73 Å². The second-order valence-corrected chi connectivity index (χ2v) is 4.58. The van der Waals surface area contributed by atoms with Crippen LogP contribution in [0, 0.1) is 0 Å². The molecule has 0 radical (unpaired) electrons. The number of ketones is 1. The first-order valence-electron chi connectivity index (χ1n) is 5.19. The first kappa shape index (κ1) is 10.9. The Morgan fingerprint density at radius 3 is 2.89 bits per heavy atom. The number of fused-ring (bicyclic) bond motifs is 1. The number of benzene rings is 1. The predicted molar refractivity (Wildman–Crippen MR) is 65.1 cm³/mol. The molecule has 1 aliphatic carbocycles. The summed E-state index contributed by atoms with van der Waals surface area (Å²) >= 11 is 0.961. The Labute approximate surface area is 106 Å². The average molecular weight is 257 g/mol. The number of ether oxygens (including phenoxy) is 1. The number of carbonyl (C=O) groups excluding carboxylic acids is 2. The molecule has 4 nitrogen and oxygen atoms in total. The minimum atomic E-state index is -0.536. The molecule has 0 atom stereocenters. The van der Waals surface area contributed by atoms with Crippen LogP contribution in [0.4, 0.5) is 0 Å². The van der Waals surface area contributed by atoms with Crippen LogP contribution in [0.15, 0.2) is 24.4 Å². The fourth-order valence-electron chi connectivity index (χ4n) is 1.67. The Balaban J connectivity index is 2.01. The molecule has 0 N–H and O–H groups in total. The van der Waals surface area contributed by atoms with Gasteiger partial charge in [0.2, 0.25) is 0 Å². The van der Waals surface area contributed by atoms with Gasteiger partial charge in [-0.05, 0) is 29.7 Å². The molecule has 1 aromatic carbocycles. The molecule has 0 saturated heterocycles. The van der Waals surface area contributed by atoms with E-state index in [1.54, 1.807) is 12.1 Å². The first-order valence-corrected chi connectivity index (χ1v) is 5.97. The molecule has 0 spiro atoms. The van der Waals surface area contributed by atoms with Gasteiger partial charge in [0, 0.05) is 16.0 Å². The molecule has 3 rings (SSSR count). The van der Waals surface area contributed by atoms with Gasteiger partial charge < -0.3 is 4.74 Å². The van der Waals surface area contributed by atoms with Crippen molar-refractivity contribution in [3.8, 4) is 0 Å². The number of methoxy groups -OCH3 is 1. The van der Waals surface area contributed by atoms with Crippen molar-refractivity contribution < 1.29 is 14.3 Å². The van der Waals surface area contributed by atoms with Crippen molar-refractivity contribution in [3.05, 3.63) is 50.8 Å². The summed E-state index contributed by atoms with van der Waals surface area (Å²) in [6, 6.07) is 5.32. The lowest BCUT2D eigenvalue weighted by Gasteiger charge is -2.00. The van der Waals surface area contributed by atoms with E-state index in [0.29, 0.717) is 5.56 Å². The van der Waals surface area contributed by atoms with Gasteiger partial charge in [-0.2, -0.15) is 4.37 Å². The van der Waals surface area contributed by atoms with Crippen LogP contribution in [-0.2, 0) is 4.74 Å². The Bertz CT molecular complexity index is 800. The molecule has 0 fully saturated rings. The zero-order valence-electron chi connectivity index (χ0n) is 9.39. The highest BCUT2D eigenvalue weighted by atomic mass is 32.1. The van der Waals surface area contributed by atoms with Crippen molar-refractivity contribution >= 4 is 29.0 Å². The maximum absolute atomic E-state index is 12.3. The second kappa shape index (κ2) is 3.91. The predicted octanol–water partition coefficient (Wildman–Crippen LogP) is 0.225. The number of aromatic nitrogens is 1. The second-order valence-electron chi connectivity index (χ2n) is 3.77. The van der Waals surface area contributed by atoms with Crippen molar-refractivity contribution in [3.63, 3.8) is 0 Å². The Hall–Kier alpha value is -2.23. The van der Waals surface area contributed by atoms with Crippen LogP contribution in [0.1, 0.15) is 25.6 Å². The fourth-order valence-corrected chi connectivity index (χ4v) is 2.34. The van der Waals surface area contributed by atoms with Crippen molar-refractivity contribution in [2.45, 2.75) is 0 Å². The van der Waals surface area contributed by atoms with Crippen LogP contribution in [0.3, 0.4) is 0 Å². The normalized spacial score (nSPS) is 10.9. The maximum Gasteiger partial charge on any atom is 0.350 e. The summed E-state index contributed by atoms with van der Waals surface area (Å²) in [4.78, 5) is 24.0. The largest absolute Gasteiger partial charge is 0.465 e. The summed E-state index contributed by atoms with van der Waals surface area (Å²) in [5.74, 6) is -0.758. The molecule has 2 aromatic rings. The van der Waals surface area contributed by atoms with Crippen LogP contribution < -0.4 is 10.4 Å². The van der Waals surface area contributed by atoms with E-state index < -0.39 is 5.97 Å². The van der Waals surface area contributed by atoms with E-state index in [9.17, 15) is 9.59 Å². The monoisotopic (exact) mass is 257 g/mol. The summed E-state index contributed by atoms with van der Waals surface area (Å²) in [5.41, 5.74) is 3.84. The Morgan fingerprint density at radius 1 is 1.33 bits per heavy atom. The van der Waals surface area contributed by atoms with E-state index in [4.69, 9.17) is 0 Å². The Morgan fingerprint density at radius 2 is 2.17 bits per heavy atom. The van der Waals surface area contributed by atoms with Crippen LogP contribution in [0.5, 0.6) is 0 Å². The quantitative estimate of drug-likeness (QED) is 0.498. The van der Waals surface area contributed by atoms with E-state index in [1.165, 1.54) is 13.3 Å². The maximum atomic E-state index is 12.3. The number of rotatable bonds is 3. The molecule has 1 heterocycles. The third-order valence-electron chi connectivity index (χ3n) is 2.67. The summed E-state index contributed by atoms with van der Waals surface area (Å²) in [6.45, 7) is 0. The molecular weight excluding hydrogens is 250 g/mol. The topological polar surface area (TPSA) is 56.3 Å². The van der Waals surface area contributed by atoms with Gasteiger partial charge in [-0.25, -0.2) is 4.79 Å². The molecule has 18 heavy (non-hydrogen) atoms. The number of hydrogen-bond donors (Lipinski definition) is 0. The zero-order valence-corrected chi connectivity index (χ0v) is 10.2. The van der Waals surface area contributed by atoms with Crippen molar-refractivity contribution in [1.29, 1.82) is 0 Å². The molecular formula is C13H7NO3S. The van der Waals surface area contributed by atoms with Crippen LogP contribution >= 0.6 is 11.5 Å². The van der Waals surface area contributed by atoms with Crippen molar-refractivity contribution in [2.75, 3.05) is 7.11 Å². The lowest BCUT2D eigenvalue weighted by Crippen LogP contribution is -2.13. The van der Waals surface area contributed by atoms with Gasteiger partial charge in [0.1, 0.15) is 4.88 Å². The average Bonchev–Trinajstić information content (AvgIpc) is 3.01. The van der Waals surface area contributed by atoms with Crippen LogP contribution in [0.25, 0.3) is 5.73 Å². The standard InChI is InChI=1S/C13H7NO3S/c1-17-13(16)12-10(6-14-18-12)11(15)8-3-2-7-4-9(7)5-8/h2-3,5-6H,1H3. The van der Waals surface area contributed by atoms with E-state index in [-0.39, 0.29) is 16.2 Å². The molecule has 0 bridgehead atoms. The summed E-state index contributed by atoms with van der Waals surface area (Å²) in [7, 11) is 1.28. The molecule has 0 unspecified atom stereocenters. The highest BCUT2D eigenvalue weighted by Gasteiger charge is 2.22. The molecule has 88 valence electrons. The first-order chi connectivity index (χ1) is 8.70. The van der Waals surface area contributed by atoms with Gasteiger partial charge in [0.05, 0.1) is 18.9 Å². The van der Waals surface area contributed by atoms with E-state index >= 15 is 0 Å². The van der Waals surface area contributed by atoms with Gasteiger partial charge >= 0.3 is 5.97 Å². The minimum absolute atomic E-state index is 0.222. The molecule has 0 amide bonds. The van der Waals surface area contributed by atoms with Crippen molar-refractivity contribution in [2.24, 2.45) is 0 Å². The number of esters is 1. The van der Waals surface area contributed by atoms with Crippen LogP contribution in [-0.4, -0.2) is 23.2 Å². The molecule has 0 aliphatic heterocycles. The molecule has 0 saturated carbocycles. The highest BCUT2D eigenvalue weighted by molar-refractivity contribution is 7.08. The van der Waals surface area contributed by atoms with E-state index in [1.807, 2.05) is 6.07 Å². The molecule has 1 aliphatic rings. The van der Waals surface area contributed by atoms with E-state index in [2.05, 4.69) is 14.8 Å². The summed E-state index contributed by atoms with van der Waals surface area (Å²) < 4.78 is 8.50. The third-order valence-corrected chi connectivity index (χ3v) is 3.45. The summed E-state index contributed by atoms with van der Waals surface area (Å²) in [5, 5.41) is 1.98. The Kier molecular flexibility index (Phi) is 2.37. The number of hydrogen-bond acceptors (Lipinski definition) is 5. The smallest absolute Gasteiger partial charge is 0.350 e. The van der Waals surface area contributed by atoms with E-state index in [0.717, 1.165) is 22.0 Å². The summed E-state index contributed by atoms with van der Waals surface area (Å²) in [6.07, 6.45) is 1.40. The lowest BCUT2D eigenvalue weighted by molar-refractivity contribution is 0.0603. The van der Waals surface area contributed by atoms with Crippen LogP contribution in [0.2, 0.25) is 0 Å². The molecule has 1 aromatic heterocycles. The zero-order chi connectivity index (χ0) is 12.7. The number of carbonyl (C=O) groups is 2. The highest BCUT2D eigenvalue weighted by Crippen LogP contribution is 2.18. The van der Waals surface area contributed by atoms with Gasteiger partial charge in [-0.3, -0.25) is 4.79 Å².